The van der Waals surface area contributed by atoms with Crippen LogP contribution in [0, 0.1) is 6.92 Å². The van der Waals surface area contributed by atoms with Crippen molar-refractivity contribution in [3.05, 3.63) is 105 Å². The first-order chi connectivity index (χ1) is 18.4. The Morgan fingerprint density at radius 3 is 2.61 bits per heavy atom. The number of anilines is 2. The van der Waals surface area contributed by atoms with E-state index >= 15 is 0 Å². The summed E-state index contributed by atoms with van der Waals surface area (Å²) in [4.78, 5) is 18.0. The maximum Gasteiger partial charge on any atom is 0.255 e. The molecule has 8 nitrogen and oxygen atoms in total. The predicted octanol–water partition coefficient (Wildman–Crippen LogP) is 6.25. The number of hydrogen-bond acceptors (Lipinski definition) is 6. The van der Waals surface area contributed by atoms with Crippen LogP contribution in [0.4, 0.5) is 11.6 Å². The minimum Gasteiger partial charge on any atom is -0.490 e. The maximum atomic E-state index is 13.7. The summed E-state index contributed by atoms with van der Waals surface area (Å²) >= 11 is 3.46. The monoisotopic (exact) mass is 573 g/mol. The van der Waals surface area contributed by atoms with Crippen LogP contribution < -0.4 is 20.1 Å². The molecule has 0 radical (unpaired) electrons. The molecule has 9 heteroatoms. The molecule has 1 aliphatic rings. The van der Waals surface area contributed by atoms with E-state index in [0.29, 0.717) is 41.9 Å². The number of carbonyl (C=O) groups is 1. The van der Waals surface area contributed by atoms with E-state index in [-0.39, 0.29) is 5.91 Å². The number of carbonyl (C=O) groups excluding carboxylic acids is 1. The summed E-state index contributed by atoms with van der Waals surface area (Å²) in [6.07, 6.45) is 1.48. The van der Waals surface area contributed by atoms with Crippen LogP contribution in [0.2, 0.25) is 0 Å². The lowest BCUT2D eigenvalue weighted by Gasteiger charge is -2.29. The number of nitrogens with one attached hydrogen (secondary N) is 2. The van der Waals surface area contributed by atoms with E-state index in [1.54, 1.807) is 4.68 Å². The molecular formula is C29H28BrN5O3. The van der Waals surface area contributed by atoms with Crippen molar-refractivity contribution >= 4 is 33.5 Å². The van der Waals surface area contributed by atoms with Gasteiger partial charge in [0.05, 0.1) is 12.2 Å². The molecule has 1 amide bonds. The van der Waals surface area contributed by atoms with Crippen LogP contribution in [0.25, 0.3) is 0 Å². The van der Waals surface area contributed by atoms with E-state index in [4.69, 9.17) is 9.47 Å². The molecule has 2 N–H and O–H groups in total. The third kappa shape index (κ3) is 5.28. The minimum absolute atomic E-state index is 0.219. The minimum atomic E-state index is -0.516. The van der Waals surface area contributed by atoms with Crippen LogP contribution in [-0.4, -0.2) is 27.3 Å². The lowest BCUT2D eigenvalue weighted by atomic mass is 9.94. The zero-order valence-corrected chi connectivity index (χ0v) is 23.0. The van der Waals surface area contributed by atoms with Gasteiger partial charge in [0.2, 0.25) is 5.95 Å². The van der Waals surface area contributed by atoms with Crippen molar-refractivity contribution in [2.45, 2.75) is 33.4 Å². The summed E-state index contributed by atoms with van der Waals surface area (Å²) in [6.45, 7) is 6.63. The molecule has 0 saturated heterocycles. The van der Waals surface area contributed by atoms with Crippen LogP contribution in [0.5, 0.6) is 11.5 Å². The van der Waals surface area contributed by atoms with Crippen molar-refractivity contribution in [2.24, 2.45) is 0 Å². The van der Waals surface area contributed by atoms with Gasteiger partial charge in [-0.2, -0.15) is 10.1 Å². The molecule has 0 fully saturated rings. The van der Waals surface area contributed by atoms with Gasteiger partial charge in [-0.15, -0.1) is 0 Å². The quantitative estimate of drug-likeness (QED) is 0.259. The van der Waals surface area contributed by atoms with E-state index in [1.165, 1.54) is 6.33 Å². The van der Waals surface area contributed by atoms with Crippen LogP contribution in [-0.2, 0) is 11.4 Å². The zero-order valence-electron chi connectivity index (χ0n) is 21.4. The van der Waals surface area contributed by atoms with E-state index < -0.39 is 6.04 Å². The number of para-hydroxylation sites is 1. The number of allylic oxidation sites excluding steroid dienone is 1. The Balaban J connectivity index is 1.49. The zero-order chi connectivity index (χ0) is 26.6. The highest BCUT2D eigenvalue weighted by atomic mass is 79.9. The van der Waals surface area contributed by atoms with Gasteiger partial charge in [-0.25, -0.2) is 4.68 Å². The van der Waals surface area contributed by atoms with Gasteiger partial charge in [0.15, 0.2) is 11.5 Å². The lowest BCUT2D eigenvalue weighted by Crippen LogP contribution is -2.31. The van der Waals surface area contributed by atoms with Gasteiger partial charge in [-0.05, 0) is 67.8 Å². The number of aromatic nitrogens is 3. The van der Waals surface area contributed by atoms with Gasteiger partial charge in [0.1, 0.15) is 19.0 Å². The molecule has 3 aromatic carbocycles. The molecule has 1 atom stereocenters. The molecular weight excluding hydrogens is 546 g/mol. The summed E-state index contributed by atoms with van der Waals surface area (Å²) in [7, 11) is 0. The molecule has 38 heavy (non-hydrogen) atoms. The van der Waals surface area contributed by atoms with Crippen molar-refractivity contribution < 1.29 is 14.3 Å². The molecule has 1 aliphatic heterocycles. The summed E-state index contributed by atoms with van der Waals surface area (Å²) in [5.41, 5.74) is 4.85. The highest BCUT2D eigenvalue weighted by Gasteiger charge is 2.34. The summed E-state index contributed by atoms with van der Waals surface area (Å²) in [5, 5.41) is 10.7. The van der Waals surface area contributed by atoms with E-state index in [9.17, 15) is 4.79 Å². The van der Waals surface area contributed by atoms with Gasteiger partial charge in [-0.1, -0.05) is 52.3 Å². The number of amides is 1. The first kappa shape index (κ1) is 25.5. The molecule has 0 bridgehead atoms. The van der Waals surface area contributed by atoms with Crippen molar-refractivity contribution in [3.63, 3.8) is 0 Å². The number of rotatable bonds is 8. The second-order valence-corrected chi connectivity index (χ2v) is 9.83. The average Bonchev–Trinajstić information content (AvgIpc) is 3.37. The van der Waals surface area contributed by atoms with Crippen LogP contribution in [0.1, 0.15) is 36.6 Å². The molecule has 1 aromatic heterocycles. The molecule has 2 heterocycles. The van der Waals surface area contributed by atoms with Crippen molar-refractivity contribution in [2.75, 3.05) is 17.2 Å². The first-order valence-corrected chi connectivity index (χ1v) is 13.1. The number of ether oxygens (including phenoxy) is 2. The number of benzene rings is 3. The second kappa shape index (κ2) is 11.1. The van der Waals surface area contributed by atoms with Gasteiger partial charge in [0, 0.05) is 15.9 Å². The number of aryl methyl sites for hydroxylation is 1. The third-order valence-corrected chi connectivity index (χ3v) is 6.85. The standard InChI is InChI=1S/C29H28BrN5O3/c1-4-37-25-15-21(11-14-24(25)38-16-20-9-12-22(30)13-10-20)27-26(19(3)33-29-31-17-32-35(27)29)28(36)34-23-8-6-5-7-18(23)2/h5-15,17,27H,4,16H2,1-3H3,(H,34,36)(H,31,32,33). The van der Waals surface area contributed by atoms with Gasteiger partial charge >= 0.3 is 0 Å². The molecule has 5 rings (SSSR count). The smallest absolute Gasteiger partial charge is 0.255 e. The normalized spacial score (nSPS) is 14.5. The molecule has 1 unspecified atom stereocenters. The Hall–Kier alpha value is -4.11. The molecule has 0 saturated carbocycles. The highest BCUT2D eigenvalue weighted by Crippen LogP contribution is 2.39. The van der Waals surface area contributed by atoms with Crippen molar-refractivity contribution in [1.29, 1.82) is 0 Å². The maximum absolute atomic E-state index is 13.7. The Kier molecular flexibility index (Phi) is 7.46. The van der Waals surface area contributed by atoms with Crippen LogP contribution >= 0.6 is 15.9 Å². The number of fused-ring (bicyclic) bond motifs is 1. The largest absolute Gasteiger partial charge is 0.490 e. The van der Waals surface area contributed by atoms with Crippen molar-refractivity contribution in [1.82, 2.24) is 14.8 Å². The summed E-state index contributed by atoms with van der Waals surface area (Å²) < 4.78 is 14.8. The summed E-state index contributed by atoms with van der Waals surface area (Å²) in [5.74, 6) is 1.56. The molecule has 0 spiro atoms. The number of nitrogens with zero attached hydrogens (tertiary/aromatic N) is 3. The van der Waals surface area contributed by atoms with Crippen LogP contribution in [0.15, 0.2) is 88.8 Å². The Labute approximate surface area is 229 Å². The van der Waals surface area contributed by atoms with Crippen LogP contribution in [0.3, 0.4) is 0 Å². The Morgan fingerprint density at radius 2 is 1.84 bits per heavy atom. The number of hydrogen-bond donors (Lipinski definition) is 2. The van der Waals surface area contributed by atoms with E-state index in [0.717, 1.165) is 26.9 Å². The fourth-order valence-corrected chi connectivity index (χ4v) is 4.68. The fraction of sp³-hybridized carbons (Fsp3) is 0.207. The molecule has 194 valence electrons. The Bertz CT molecular complexity index is 1500. The fourth-order valence-electron chi connectivity index (χ4n) is 4.42. The van der Waals surface area contributed by atoms with Gasteiger partial charge in [0.25, 0.3) is 5.91 Å². The van der Waals surface area contributed by atoms with Gasteiger partial charge < -0.3 is 20.1 Å². The third-order valence-electron chi connectivity index (χ3n) is 6.32. The Morgan fingerprint density at radius 1 is 1.05 bits per heavy atom. The summed E-state index contributed by atoms with van der Waals surface area (Å²) in [6, 6.07) is 20.9. The SMILES string of the molecule is CCOc1cc(C2C(C(=O)Nc3ccccc3C)=C(C)Nc3ncnn32)ccc1OCc1ccc(Br)cc1. The van der Waals surface area contributed by atoms with E-state index in [1.807, 2.05) is 87.5 Å². The molecule has 0 aliphatic carbocycles. The van der Waals surface area contributed by atoms with Crippen molar-refractivity contribution in [3.8, 4) is 11.5 Å². The van der Waals surface area contributed by atoms with Gasteiger partial charge in [-0.3, -0.25) is 4.79 Å². The second-order valence-electron chi connectivity index (χ2n) is 8.92. The van der Waals surface area contributed by atoms with E-state index in [2.05, 4.69) is 36.6 Å². The predicted molar refractivity (Wildman–Crippen MR) is 150 cm³/mol. The highest BCUT2D eigenvalue weighted by molar-refractivity contribution is 9.10. The molecule has 4 aromatic rings. The average molecular weight is 574 g/mol. The first-order valence-electron chi connectivity index (χ1n) is 12.3. The lowest BCUT2D eigenvalue weighted by molar-refractivity contribution is -0.113. The number of halogens is 1. The topological polar surface area (TPSA) is 90.3 Å².